The van der Waals surface area contributed by atoms with Gasteiger partial charge in [-0.2, -0.15) is 10.4 Å². The maximum Gasteiger partial charge on any atom is 0.143 e. The number of rotatable bonds is 2. The van der Waals surface area contributed by atoms with E-state index in [2.05, 4.69) is 10.4 Å². The fourth-order valence-corrected chi connectivity index (χ4v) is 2.80. The van der Waals surface area contributed by atoms with E-state index in [0.29, 0.717) is 5.69 Å². The minimum atomic E-state index is -0.486. The molecule has 0 spiro atoms. The van der Waals surface area contributed by atoms with Crippen LogP contribution in [0.1, 0.15) is 35.7 Å². The number of nitrogens with one attached hydrogen (secondary N) is 1. The van der Waals surface area contributed by atoms with Gasteiger partial charge in [-0.05, 0) is 31.4 Å². The van der Waals surface area contributed by atoms with E-state index < -0.39 is 5.82 Å². The van der Waals surface area contributed by atoms with Crippen LogP contribution in [0.5, 0.6) is 0 Å². The Morgan fingerprint density at radius 3 is 3.15 bits per heavy atom. The van der Waals surface area contributed by atoms with Crippen LogP contribution in [-0.4, -0.2) is 9.78 Å². The average molecular weight is 270 g/mol. The van der Waals surface area contributed by atoms with Gasteiger partial charge in [0.15, 0.2) is 0 Å². The maximum atomic E-state index is 13.6. The Morgan fingerprint density at radius 2 is 2.35 bits per heavy atom. The number of anilines is 1. The van der Waals surface area contributed by atoms with E-state index in [9.17, 15) is 4.39 Å². The summed E-state index contributed by atoms with van der Waals surface area (Å²) < 4.78 is 15.5. The second kappa shape index (κ2) is 4.97. The molecule has 0 radical (unpaired) electrons. The van der Waals surface area contributed by atoms with Crippen LogP contribution in [0.25, 0.3) is 0 Å². The molecule has 1 aromatic carbocycles. The van der Waals surface area contributed by atoms with Crippen LogP contribution in [0.4, 0.5) is 10.1 Å². The molecule has 2 aromatic rings. The Labute approximate surface area is 116 Å². The van der Waals surface area contributed by atoms with Crippen LogP contribution in [0.3, 0.4) is 0 Å². The van der Waals surface area contributed by atoms with Crippen LogP contribution in [0.15, 0.2) is 24.4 Å². The Morgan fingerprint density at radius 1 is 1.50 bits per heavy atom. The molecule has 5 heteroatoms. The Hall–Kier alpha value is -2.35. The number of hydrogen-bond donors (Lipinski definition) is 1. The second-order valence-electron chi connectivity index (χ2n) is 5.03. The van der Waals surface area contributed by atoms with Gasteiger partial charge < -0.3 is 5.32 Å². The van der Waals surface area contributed by atoms with Crippen LogP contribution >= 0.6 is 0 Å². The van der Waals surface area contributed by atoms with Gasteiger partial charge in [-0.3, -0.25) is 4.68 Å². The van der Waals surface area contributed by atoms with E-state index in [1.165, 1.54) is 11.8 Å². The van der Waals surface area contributed by atoms with Crippen LogP contribution < -0.4 is 5.32 Å². The maximum absolute atomic E-state index is 13.6. The van der Waals surface area contributed by atoms with Crippen molar-refractivity contribution >= 4 is 5.69 Å². The lowest BCUT2D eigenvalue weighted by Crippen LogP contribution is -2.18. The summed E-state index contributed by atoms with van der Waals surface area (Å²) in [6.07, 6.45) is 4.89. The van der Waals surface area contributed by atoms with E-state index in [1.54, 1.807) is 12.1 Å². The number of halogens is 1. The van der Waals surface area contributed by atoms with Gasteiger partial charge >= 0.3 is 0 Å². The van der Waals surface area contributed by atoms with Crippen molar-refractivity contribution in [1.82, 2.24) is 9.78 Å². The first-order valence-corrected chi connectivity index (χ1v) is 6.66. The normalized spacial score (nSPS) is 17.4. The van der Waals surface area contributed by atoms with E-state index in [0.717, 1.165) is 24.8 Å². The first-order chi connectivity index (χ1) is 9.70. The highest BCUT2D eigenvalue weighted by molar-refractivity contribution is 5.59. The number of benzene rings is 1. The monoisotopic (exact) mass is 270 g/mol. The molecule has 0 bridgehead atoms. The Bertz CT molecular complexity index is 684. The van der Waals surface area contributed by atoms with Crippen molar-refractivity contribution in [1.29, 1.82) is 5.26 Å². The summed E-state index contributed by atoms with van der Waals surface area (Å²) in [7, 11) is 1.93. The molecule has 0 aliphatic heterocycles. The van der Waals surface area contributed by atoms with Crippen molar-refractivity contribution in [3.63, 3.8) is 0 Å². The molecular formula is C15H15FN4. The highest BCUT2D eigenvalue weighted by Crippen LogP contribution is 2.33. The van der Waals surface area contributed by atoms with Crippen LogP contribution in [-0.2, 0) is 13.5 Å². The standard InChI is InChI=1S/C15H15FN4/c1-20-15-7-3-6-14(11(15)9-18-20)19-13-5-2-4-12(16)10(13)8-17/h2,4-5,9,14,19H,3,6-7H2,1H3. The number of nitriles is 1. The topological polar surface area (TPSA) is 53.6 Å². The largest absolute Gasteiger partial charge is 0.377 e. The van der Waals surface area contributed by atoms with Crippen LogP contribution in [0, 0.1) is 17.1 Å². The van der Waals surface area contributed by atoms with Crippen molar-refractivity contribution in [2.24, 2.45) is 7.05 Å². The predicted octanol–water partition coefficient (Wildman–Crippen LogP) is 2.92. The van der Waals surface area contributed by atoms with Crippen LogP contribution in [0.2, 0.25) is 0 Å². The summed E-state index contributed by atoms with van der Waals surface area (Å²) in [6.45, 7) is 0. The van der Waals surface area contributed by atoms with Crippen molar-refractivity contribution in [3.05, 3.63) is 47.0 Å². The predicted molar refractivity (Wildman–Crippen MR) is 73.6 cm³/mol. The number of aryl methyl sites for hydroxylation is 1. The van der Waals surface area contributed by atoms with E-state index in [4.69, 9.17) is 5.26 Å². The zero-order chi connectivity index (χ0) is 14.1. The molecule has 1 heterocycles. The Kier molecular flexibility index (Phi) is 3.15. The van der Waals surface area contributed by atoms with Gasteiger partial charge in [-0.25, -0.2) is 4.39 Å². The molecule has 1 aromatic heterocycles. The molecule has 1 N–H and O–H groups in total. The summed E-state index contributed by atoms with van der Waals surface area (Å²) in [4.78, 5) is 0. The Balaban J connectivity index is 1.94. The minimum absolute atomic E-state index is 0.0727. The summed E-state index contributed by atoms with van der Waals surface area (Å²) in [5.41, 5.74) is 2.98. The van der Waals surface area contributed by atoms with Gasteiger partial charge in [-0.15, -0.1) is 0 Å². The molecule has 1 atom stereocenters. The molecule has 102 valence electrons. The molecule has 1 aliphatic rings. The van der Waals surface area contributed by atoms with Crippen molar-refractivity contribution in [2.45, 2.75) is 25.3 Å². The summed E-state index contributed by atoms with van der Waals surface area (Å²) in [6, 6.07) is 6.67. The first kappa shape index (κ1) is 12.7. The molecule has 1 aliphatic carbocycles. The lowest BCUT2D eigenvalue weighted by Gasteiger charge is -2.25. The zero-order valence-electron chi connectivity index (χ0n) is 11.2. The molecule has 3 rings (SSSR count). The van der Waals surface area contributed by atoms with Gasteiger partial charge in [0.25, 0.3) is 0 Å². The third-order valence-corrected chi connectivity index (χ3v) is 3.83. The molecule has 0 saturated heterocycles. The molecule has 20 heavy (non-hydrogen) atoms. The fourth-order valence-electron chi connectivity index (χ4n) is 2.80. The third kappa shape index (κ3) is 2.03. The lowest BCUT2D eigenvalue weighted by atomic mass is 9.92. The van der Waals surface area contributed by atoms with Gasteiger partial charge in [0.1, 0.15) is 17.4 Å². The number of nitrogens with zero attached hydrogens (tertiary/aromatic N) is 3. The van der Waals surface area contributed by atoms with Gasteiger partial charge in [0.05, 0.1) is 17.9 Å². The van der Waals surface area contributed by atoms with E-state index in [-0.39, 0.29) is 11.6 Å². The molecule has 1 unspecified atom stereocenters. The summed E-state index contributed by atoms with van der Waals surface area (Å²) in [5, 5.41) is 16.7. The van der Waals surface area contributed by atoms with E-state index in [1.807, 2.05) is 24.0 Å². The van der Waals surface area contributed by atoms with Crippen molar-refractivity contribution < 1.29 is 4.39 Å². The third-order valence-electron chi connectivity index (χ3n) is 3.83. The number of hydrogen-bond acceptors (Lipinski definition) is 3. The second-order valence-corrected chi connectivity index (χ2v) is 5.03. The SMILES string of the molecule is Cn1ncc2c1CCCC2Nc1cccc(F)c1C#N. The number of aromatic nitrogens is 2. The van der Waals surface area contributed by atoms with Crippen molar-refractivity contribution in [2.75, 3.05) is 5.32 Å². The number of fused-ring (bicyclic) bond motifs is 1. The smallest absolute Gasteiger partial charge is 0.143 e. The van der Waals surface area contributed by atoms with E-state index >= 15 is 0 Å². The zero-order valence-corrected chi connectivity index (χ0v) is 11.2. The highest BCUT2D eigenvalue weighted by Gasteiger charge is 2.24. The summed E-state index contributed by atoms with van der Waals surface area (Å²) in [5.74, 6) is -0.486. The highest BCUT2D eigenvalue weighted by atomic mass is 19.1. The first-order valence-electron chi connectivity index (χ1n) is 6.66. The lowest BCUT2D eigenvalue weighted by molar-refractivity contribution is 0.570. The molecule has 0 saturated carbocycles. The van der Waals surface area contributed by atoms with Gasteiger partial charge in [0, 0.05) is 18.3 Å². The fraction of sp³-hybridized carbons (Fsp3) is 0.333. The minimum Gasteiger partial charge on any atom is -0.377 e. The van der Waals surface area contributed by atoms with Gasteiger partial charge in [-0.1, -0.05) is 6.07 Å². The molecule has 4 nitrogen and oxygen atoms in total. The molecule has 0 amide bonds. The van der Waals surface area contributed by atoms with Crippen molar-refractivity contribution in [3.8, 4) is 6.07 Å². The summed E-state index contributed by atoms with van der Waals surface area (Å²) >= 11 is 0. The molecular weight excluding hydrogens is 255 g/mol. The van der Waals surface area contributed by atoms with Gasteiger partial charge in [0.2, 0.25) is 0 Å². The quantitative estimate of drug-likeness (QED) is 0.912. The average Bonchev–Trinajstić information content (AvgIpc) is 2.82. The molecule has 0 fully saturated rings.